The maximum atomic E-state index is 13.5. The summed E-state index contributed by atoms with van der Waals surface area (Å²) >= 11 is 6.10. The Morgan fingerprint density at radius 1 is 1.19 bits per heavy atom. The summed E-state index contributed by atoms with van der Waals surface area (Å²) in [6.45, 7) is 3.58. The van der Waals surface area contributed by atoms with Crippen molar-refractivity contribution >= 4 is 34.2 Å². The number of fused-ring (bicyclic) bond motifs is 1. The van der Waals surface area contributed by atoms with E-state index in [0.29, 0.717) is 21.7 Å². The fourth-order valence-electron chi connectivity index (χ4n) is 3.96. The van der Waals surface area contributed by atoms with Gasteiger partial charge >= 0.3 is 12.2 Å². The molecular formula is C25H22ClF3N4O3. The van der Waals surface area contributed by atoms with Gasteiger partial charge in [0.2, 0.25) is 0 Å². The molecule has 1 atom stereocenters. The summed E-state index contributed by atoms with van der Waals surface area (Å²) in [7, 11) is 0. The van der Waals surface area contributed by atoms with Crippen LogP contribution in [0.2, 0.25) is 5.02 Å². The molecule has 0 aliphatic rings. The van der Waals surface area contributed by atoms with Gasteiger partial charge in [-0.05, 0) is 56.3 Å². The number of alkyl halides is 3. The van der Waals surface area contributed by atoms with Crippen molar-refractivity contribution in [3.8, 4) is 0 Å². The van der Waals surface area contributed by atoms with Crippen molar-refractivity contribution < 1.29 is 22.4 Å². The van der Waals surface area contributed by atoms with Crippen LogP contribution in [0.3, 0.4) is 0 Å². The molecule has 2 aromatic heterocycles. The number of halogens is 4. The van der Waals surface area contributed by atoms with Crippen LogP contribution in [0.4, 0.5) is 23.7 Å². The molecule has 4 aromatic rings. The second kappa shape index (κ2) is 10.1. The lowest BCUT2D eigenvalue weighted by molar-refractivity contribution is -0.136. The third kappa shape index (κ3) is 5.08. The lowest BCUT2D eigenvalue weighted by Gasteiger charge is -2.30. The van der Waals surface area contributed by atoms with Crippen molar-refractivity contribution in [1.29, 1.82) is 0 Å². The van der Waals surface area contributed by atoms with E-state index >= 15 is 0 Å². The predicted molar refractivity (Wildman–Crippen MR) is 130 cm³/mol. The topological polar surface area (TPSA) is 80.4 Å². The molecule has 0 bridgehead atoms. The lowest BCUT2D eigenvalue weighted by atomic mass is 10.1. The van der Waals surface area contributed by atoms with E-state index in [2.05, 4.69) is 10.3 Å². The molecule has 2 amide bonds. The number of furan rings is 1. The molecular weight excluding hydrogens is 497 g/mol. The minimum Gasteiger partial charge on any atom is -0.467 e. The Balaban J connectivity index is 1.78. The molecule has 0 aliphatic carbocycles. The third-order valence-electron chi connectivity index (χ3n) is 5.75. The lowest BCUT2D eigenvalue weighted by Crippen LogP contribution is -2.40. The summed E-state index contributed by atoms with van der Waals surface area (Å²) in [5, 5.41) is 3.11. The largest absolute Gasteiger partial charge is 0.467 e. The second-order valence-electron chi connectivity index (χ2n) is 8.04. The highest BCUT2D eigenvalue weighted by Crippen LogP contribution is 2.35. The van der Waals surface area contributed by atoms with Crippen LogP contribution in [0.5, 0.6) is 0 Å². The number of hydrogen-bond donors (Lipinski definition) is 1. The van der Waals surface area contributed by atoms with Crippen LogP contribution in [-0.2, 0) is 19.3 Å². The molecule has 36 heavy (non-hydrogen) atoms. The van der Waals surface area contributed by atoms with Gasteiger partial charge in [-0.1, -0.05) is 23.7 Å². The van der Waals surface area contributed by atoms with Gasteiger partial charge in [-0.3, -0.25) is 9.36 Å². The number of urea groups is 1. The van der Waals surface area contributed by atoms with Gasteiger partial charge < -0.3 is 14.6 Å². The first-order chi connectivity index (χ1) is 17.1. The minimum atomic E-state index is -4.66. The number of para-hydroxylation sites is 1. The number of amides is 2. The van der Waals surface area contributed by atoms with Crippen molar-refractivity contribution in [3.05, 3.63) is 93.4 Å². The van der Waals surface area contributed by atoms with Crippen LogP contribution in [0, 0.1) is 0 Å². The molecule has 7 nitrogen and oxygen atoms in total. The number of anilines is 1. The molecule has 188 valence electrons. The first kappa shape index (κ1) is 25.3. The van der Waals surface area contributed by atoms with Gasteiger partial charge in [0.15, 0.2) is 0 Å². The van der Waals surface area contributed by atoms with Gasteiger partial charge in [-0.2, -0.15) is 13.2 Å². The maximum absolute atomic E-state index is 13.5. The Bertz CT molecular complexity index is 1450. The summed E-state index contributed by atoms with van der Waals surface area (Å²) in [5.74, 6) is 0.651. The smallest absolute Gasteiger partial charge is 0.418 e. The number of benzene rings is 2. The number of carbonyl (C=O) groups excluding carboxylic acids is 1. The monoisotopic (exact) mass is 518 g/mol. The summed E-state index contributed by atoms with van der Waals surface area (Å²) in [5.41, 5.74) is -1.34. The number of nitrogens with one attached hydrogen (secondary N) is 1. The molecule has 0 spiro atoms. The summed E-state index contributed by atoms with van der Waals surface area (Å²) in [6.07, 6.45) is -3.24. The van der Waals surface area contributed by atoms with Gasteiger partial charge in [0, 0.05) is 11.6 Å². The van der Waals surface area contributed by atoms with E-state index in [0.717, 1.165) is 6.07 Å². The van der Waals surface area contributed by atoms with Crippen LogP contribution in [-0.4, -0.2) is 20.5 Å². The quantitative estimate of drug-likeness (QED) is 0.317. The number of aromatic nitrogens is 2. The van der Waals surface area contributed by atoms with Crippen LogP contribution in [0.15, 0.2) is 70.1 Å². The van der Waals surface area contributed by atoms with Crippen LogP contribution >= 0.6 is 11.6 Å². The second-order valence-corrected chi connectivity index (χ2v) is 8.47. The highest BCUT2D eigenvalue weighted by molar-refractivity contribution is 6.31. The molecule has 2 aromatic carbocycles. The SMILES string of the molecule is CCn1c(C(C)N(Cc2ccco2)C(=O)Nc2ccccc2C(F)(F)F)nc2cc(Cl)ccc2c1=O. The zero-order chi connectivity index (χ0) is 26.0. The van der Waals surface area contributed by atoms with Gasteiger partial charge in [0.25, 0.3) is 5.56 Å². The molecule has 1 unspecified atom stereocenters. The van der Waals surface area contributed by atoms with Crippen molar-refractivity contribution in [2.45, 2.75) is 39.2 Å². The van der Waals surface area contributed by atoms with Gasteiger partial charge in [0.1, 0.15) is 11.6 Å². The molecule has 4 rings (SSSR count). The van der Waals surface area contributed by atoms with Crippen molar-refractivity contribution in [3.63, 3.8) is 0 Å². The van der Waals surface area contributed by atoms with Crippen LogP contribution in [0.25, 0.3) is 10.9 Å². The highest BCUT2D eigenvalue weighted by atomic mass is 35.5. The molecule has 0 fully saturated rings. The summed E-state index contributed by atoms with van der Waals surface area (Å²) in [6, 6.07) is 11.0. The Morgan fingerprint density at radius 2 is 1.94 bits per heavy atom. The Morgan fingerprint density at radius 3 is 2.61 bits per heavy atom. The average Bonchev–Trinajstić information content (AvgIpc) is 3.35. The van der Waals surface area contributed by atoms with Crippen LogP contribution in [0.1, 0.15) is 37.0 Å². The average molecular weight is 519 g/mol. The predicted octanol–water partition coefficient (Wildman–Crippen LogP) is 6.48. The fraction of sp³-hybridized carbons (Fsp3) is 0.240. The Hall–Kier alpha value is -3.79. The zero-order valence-corrected chi connectivity index (χ0v) is 20.1. The molecule has 2 heterocycles. The normalized spacial score (nSPS) is 12.5. The van der Waals surface area contributed by atoms with Crippen molar-refractivity contribution in [2.75, 3.05) is 5.32 Å². The Labute approximate surface area is 209 Å². The number of carbonyl (C=O) groups is 1. The molecule has 11 heteroatoms. The first-order valence-corrected chi connectivity index (χ1v) is 11.4. The fourth-order valence-corrected chi connectivity index (χ4v) is 4.12. The van der Waals surface area contributed by atoms with E-state index in [1.54, 1.807) is 44.2 Å². The highest BCUT2D eigenvalue weighted by Gasteiger charge is 2.35. The number of hydrogen-bond acceptors (Lipinski definition) is 4. The number of nitrogens with zero attached hydrogens (tertiary/aromatic N) is 3. The number of rotatable bonds is 6. The van der Waals surface area contributed by atoms with E-state index in [4.69, 9.17) is 16.0 Å². The molecule has 1 N–H and O–H groups in total. The molecule has 0 saturated heterocycles. The van der Waals surface area contributed by atoms with E-state index in [9.17, 15) is 22.8 Å². The maximum Gasteiger partial charge on any atom is 0.418 e. The molecule has 0 aliphatic heterocycles. The Kier molecular flexibility index (Phi) is 7.07. The van der Waals surface area contributed by atoms with E-state index in [1.165, 1.54) is 33.9 Å². The first-order valence-electron chi connectivity index (χ1n) is 11.1. The van der Waals surface area contributed by atoms with Crippen LogP contribution < -0.4 is 10.9 Å². The summed E-state index contributed by atoms with van der Waals surface area (Å²) < 4.78 is 47.4. The van der Waals surface area contributed by atoms with E-state index in [1.807, 2.05) is 0 Å². The van der Waals surface area contributed by atoms with Gasteiger partial charge in [-0.25, -0.2) is 9.78 Å². The minimum absolute atomic E-state index is 0.0820. The summed E-state index contributed by atoms with van der Waals surface area (Å²) in [4.78, 5) is 32.4. The van der Waals surface area contributed by atoms with Gasteiger partial charge in [0.05, 0.1) is 41.0 Å². The van der Waals surface area contributed by atoms with Crippen molar-refractivity contribution in [1.82, 2.24) is 14.5 Å². The standard InChI is InChI=1S/C25H22ClF3N4O3/c1-3-32-22(30-21-13-16(26)10-11-18(21)23(32)34)15(2)33(14-17-7-6-12-36-17)24(35)31-20-9-5-4-8-19(20)25(27,28)29/h4-13,15H,3,14H2,1-2H3,(H,31,35). The molecule has 0 radical (unpaired) electrons. The molecule has 0 saturated carbocycles. The third-order valence-corrected chi connectivity index (χ3v) is 5.98. The zero-order valence-electron chi connectivity index (χ0n) is 19.3. The van der Waals surface area contributed by atoms with Gasteiger partial charge in [-0.15, -0.1) is 0 Å². The van der Waals surface area contributed by atoms with E-state index < -0.39 is 29.5 Å². The van der Waals surface area contributed by atoms with E-state index in [-0.39, 0.29) is 24.5 Å². The van der Waals surface area contributed by atoms with Crippen molar-refractivity contribution in [2.24, 2.45) is 0 Å².